The number of carbonyl (C=O) groups is 2. The summed E-state index contributed by atoms with van der Waals surface area (Å²) in [7, 11) is 3.03. The molecule has 41 heavy (non-hydrogen) atoms. The lowest BCUT2D eigenvalue weighted by atomic mass is 9.94. The number of ketones is 1. The highest BCUT2D eigenvalue weighted by Gasteiger charge is 2.44. The van der Waals surface area contributed by atoms with Gasteiger partial charge in [0.25, 0.3) is 5.91 Å². The highest BCUT2D eigenvalue weighted by molar-refractivity contribution is 6.46. The van der Waals surface area contributed by atoms with E-state index in [4.69, 9.17) is 14.2 Å². The van der Waals surface area contributed by atoms with Crippen molar-refractivity contribution in [2.75, 3.05) is 14.2 Å². The molecule has 1 fully saturated rings. The Morgan fingerprint density at radius 1 is 0.878 bits per heavy atom. The quantitative estimate of drug-likeness (QED) is 0.178. The molecular weight excluding hydrogens is 520 g/mol. The first-order chi connectivity index (χ1) is 19.9. The summed E-state index contributed by atoms with van der Waals surface area (Å²) in [5.74, 6) is -0.576. The van der Waals surface area contributed by atoms with E-state index >= 15 is 0 Å². The summed E-state index contributed by atoms with van der Waals surface area (Å²) in [4.78, 5) is 31.1. The van der Waals surface area contributed by atoms with Crippen LogP contribution in [0.4, 0.5) is 0 Å². The Morgan fingerprint density at radius 2 is 1.61 bits per heavy atom. The van der Waals surface area contributed by atoms with Gasteiger partial charge in [-0.1, -0.05) is 53.8 Å². The van der Waals surface area contributed by atoms with Crippen LogP contribution in [0.2, 0.25) is 0 Å². The SMILES string of the molecule is COc1ccc(C2/C(=C(\[O-])c3ccc(OCc4cccc(C)c4)cc3)C(=O)C(=O)N2Cc2cc[nH+]cc2)cc1OC. The van der Waals surface area contributed by atoms with Gasteiger partial charge in [-0.2, -0.15) is 0 Å². The summed E-state index contributed by atoms with van der Waals surface area (Å²) in [6, 6.07) is 22.5. The molecule has 0 aliphatic carbocycles. The lowest BCUT2D eigenvalue weighted by molar-refractivity contribution is -0.378. The summed E-state index contributed by atoms with van der Waals surface area (Å²) in [6.07, 6.45) is 3.48. The van der Waals surface area contributed by atoms with E-state index in [0.717, 1.165) is 16.7 Å². The molecule has 5 rings (SSSR count). The summed E-state index contributed by atoms with van der Waals surface area (Å²) in [5, 5.41) is 13.9. The number of nitrogens with zero attached hydrogens (tertiary/aromatic N) is 1. The number of H-pyrrole nitrogens is 1. The summed E-state index contributed by atoms with van der Waals surface area (Å²) < 4.78 is 16.7. The molecule has 1 aromatic heterocycles. The van der Waals surface area contributed by atoms with E-state index in [1.807, 2.05) is 43.3 Å². The molecule has 0 bridgehead atoms. The van der Waals surface area contributed by atoms with Gasteiger partial charge < -0.3 is 24.2 Å². The fourth-order valence-electron chi connectivity index (χ4n) is 4.95. The molecule has 4 aromatic rings. The van der Waals surface area contributed by atoms with Crippen LogP contribution in [-0.2, 0) is 22.7 Å². The molecule has 8 nitrogen and oxygen atoms in total. The molecule has 1 aliphatic rings. The van der Waals surface area contributed by atoms with Crippen molar-refractivity contribution in [1.29, 1.82) is 0 Å². The van der Waals surface area contributed by atoms with Crippen molar-refractivity contribution in [2.24, 2.45) is 0 Å². The second kappa shape index (κ2) is 12.0. The van der Waals surface area contributed by atoms with E-state index < -0.39 is 23.5 Å². The Bertz CT molecular complexity index is 1600. The number of benzene rings is 3. The van der Waals surface area contributed by atoms with E-state index in [9.17, 15) is 14.7 Å². The minimum Gasteiger partial charge on any atom is -0.872 e. The van der Waals surface area contributed by atoms with Gasteiger partial charge in [0.1, 0.15) is 12.4 Å². The number of hydrogen-bond donors (Lipinski definition) is 0. The fraction of sp³-hybridized carbons (Fsp3) is 0.182. The predicted octanol–water partition coefficient (Wildman–Crippen LogP) is 3.83. The van der Waals surface area contributed by atoms with Crippen LogP contribution in [0, 0.1) is 6.92 Å². The third-order valence-corrected chi connectivity index (χ3v) is 7.00. The lowest BCUT2D eigenvalue weighted by Crippen LogP contribution is -2.29. The molecule has 208 valence electrons. The Hall–Kier alpha value is -5.11. The number of rotatable bonds is 9. The Labute approximate surface area is 238 Å². The first-order valence-electron chi connectivity index (χ1n) is 13.1. The Balaban J connectivity index is 1.51. The van der Waals surface area contributed by atoms with E-state index in [1.165, 1.54) is 19.1 Å². The number of aromatic nitrogens is 1. The van der Waals surface area contributed by atoms with E-state index in [2.05, 4.69) is 4.98 Å². The van der Waals surface area contributed by atoms with Crippen molar-refractivity contribution < 1.29 is 33.9 Å². The second-order valence-electron chi connectivity index (χ2n) is 9.73. The van der Waals surface area contributed by atoms with Crippen LogP contribution >= 0.6 is 0 Å². The molecule has 3 aromatic carbocycles. The van der Waals surface area contributed by atoms with Crippen LogP contribution in [0.25, 0.3) is 5.76 Å². The van der Waals surface area contributed by atoms with Gasteiger partial charge in [0.2, 0.25) is 5.78 Å². The highest BCUT2D eigenvalue weighted by Crippen LogP contribution is 2.42. The second-order valence-corrected chi connectivity index (χ2v) is 9.73. The lowest BCUT2D eigenvalue weighted by Gasteiger charge is -2.28. The van der Waals surface area contributed by atoms with Crippen molar-refractivity contribution in [1.82, 2.24) is 4.90 Å². The van der Waals surface area contributed by atoms with Crippen LogP contribution in [0.5, 0.6) is 17.2 Å². The summed E-state index contributed by atoms with van der Waals surface area (Å²) in [6.45, 7) is 2.54. The van der Waals surface area contributed by atoms with Crippen LogP contribution in [0.1, 0.15) is 33.9 Å². The molecule has 1 unspecified atom stereocenters. The average molecular weight is 551 g/mol. The van der Waals surface area contributed by atoms with Crippen molar-refractivity contribution in [3.8, 4) is 17.2 Å². The maximum Gasteiger partial charge on any atom is 0.295 e. The number of aromatic amines is 1. The largest absolute Gasteiger partial charge is 0.872 e. The van der Waals surface area contributed by atoms with E-state index in [0.29, 0.717) is 29.4 Å². The number of carbonyl (C=O) groups excluding carboxylic acids is 2. The molecule has 0 saturated carbocycles. The fourth-order valence-corrected chi connectivity index (χ4v) is 4.95. The average Bonchev–Trinajstić information content (AvgIpc) is 3.25. The zero-order valence-electron chi connectivity index (χ0n) is 23.0. The maximum absolute atomic E-state index is 13.9. The Kier molecular flexibility index (Phi) is 8.01. The zero-order valence-corrected chi connectivity index (χ0v) is 23.0. The predicted molar refractivity (Wildman–Crippen MR) is 150 cm³/mol. The number of methoxy groups -OCH3 is 2. The molecule has 0 spiro atoms. The van der Waals surface area contributed by atoms with Crippen LogP contribution < -0.4 is 24.3 Å². The van der Waals surface area contributed by atoms with Gasteiger partial charge in [0, 0.05) is 24.3 Å². The minimum absolute atomic E-state index is 0.113. The van der Waals surface area contributed by atoms with Crippen molar-refractivity contribution in [2.45, 2.75) is 26.1 Å². The molecule has 1 amide bonds. The van der Waals surface area contributed by atoms with Gasteiger partial charge in [0.15, 0.2) is 23.9 Å². The van der Waals surface area contributed by atoms with E-state index in [-0.39, 0.29) is 17.7 Å². The van der Waals surface area contributed by atoms with Gasteiger partial charge in [-0.15, -0.1) is 0 Å². The highest BCUT2D eigenvalue weighted by atomic mass is 16.5. The van der Waals surface area contributed by atoms with Gasteiger partial charge >= 0.3 is 0 Å². The van der Waals surface area contributed by atoms with Crippen molar-refractivity contribution >= 4 is 17.4 Å². The molecule has 1 saturated heterocycles. The minimum atomic E-state index is -0.913. The molecule has 8 heteroatoms. The van der Waals surface area contributed by atoms with Gasteiger partial charge in [0.05, 0.1) is 20.3 Å². The number of ether oxygens (including phenoxy) is 3. The number of amides is 1. The third kappa shape index (κ3) is 5.77. The number of likely N-dealkylation sites (tertiary alicyclic amines) is 1. The maximum atomic E-state index is 13.9. The topological polar surface area (TPSA) is 102 Å². The van der Waals surface area contributed by atoms with Gasteiger partial charge in [-0.3, -0.25) is 9.59 Å². The van der Waals surface area contributed by atoms with Gasteiger partial charge in [-0.05, 0) is 53.4 Å². The van der Waals surface area contributed by atoms with Crippen LogP contribution in [0.15, 0.2) is 96.8 Å². The number of pyridine rings is 1. The molecule has 1 aliphatic heterocycles. The number of hydrogen-bond acceptors (Lipinski definition) is 6. The standard InChI is InChI=1S/C33H30N2O6/c1-21-5-4-6-23(17-21)20-41-26-10-7-24(8-11-26)31(36)29-30(25-9-12-27(39-2)28(18-25)40-3)35(33(38)32(29)37)19-22-13-15-34-16-14-22/h4-18,30,36H,19-20H2,1-3H3/b31-29+. The van der Waals surface area contributed by atoms with Crippen molar-refractivity contribution in [3.63, 3.8) is 0 Å². The number of Topliss-reactive ketones (excluding diaryl/α,β-unsaturated/α-hetero) is 1. The first kappa shape index (κ1) is 27.5. The molecule has 0 radical (unpaired) electrons. The first-order valence-corrected chi connectivity index (χ1v) is 13.1. The smallest absolute Gasteiger partial charge is 0.295 e. The van der Waals surface area contributed by atoms with Crippen LogP contribution in [0.3, 0.4) is 0 Å². The summed E-state index contributed by atoms with van der Waals surface area (Å²) in [5.41, 5.74) is 3.71. The number of nitrogens with one attached hydrogen (secondary N) is 1. The number of aryl methyl sites for hydroxylation is 1. The zero-order chi connectivity index (χ0) is 28.9. The van der Waals surface area contributed by atoms with Crippen LogP contribution in [-0.4, -0.2) is 30.8 Å². The van der Waals surface area contributed by atoms with Crippen molar-refractivity contribution in [3.05, 3.63) is 125 Å². The molecule has 2 heterocycles. The monoisotopic (exact) mass is 550 g/mol. The van der Waals surface area contributed by atoms with Gasteiger partial charge in [-0.25, -0.2) is 4.98 Å². The molecular formula is C33H30N2O6. The third-order valence-electron chi connectivity index (χ3n) is 7.00. The normalized spacial score (nSPS) is 16.1. The Morgan fingerprint density at radius 3 is 2.29 bits per heavy atom. The molecule has 1 N–H and O–H groups in total. The summed E-state index contributed by atoms with van der Waals surface area (Å²) >= 11 is 0. The molecule has 1 atom stereocenters. The van der Waals surface area contributed by atoms with E-state index in [1.54, 1.807) is 54.9 Å².